The number of hydrogen-bond donors (Lipinski definition) is 1. The number of fused-ring (bicyclic) bond motifs is 3. The fraction of sp³-hybridized carbons (Fsp3) is 0.0833. The standard InChI is InChI=1S/C12H9NO3/c13-10-6-5-8-11(16-10)7-3-1-2-4-9(7)15-12(8)14/h1-6,10H,13H2. The third-order valence-electron chi connectivity index (χ3n) is 2.51. The lowest BCUT2D eigenvalue weighted by molar-refractivity contribution is 0.255. The quantitative estimate of drug-likeness (QED) is 0.676. The first kappa shape index (κ1) is 9.18. The lowest BCUT2D eigenvalue weighted by Gasteiger charge is -2.18. The van der Waals surface area contributed by atoms with Crippen LogP contribution in [0.5, 0.6) is 5.75 Å². The van der Waals surface area contributed by atoms with Gasteiger partial charge in [0.15, 0.2) is 6.23 Å². The fourth-order valence-corrected chi connectivity index (χ4v) is 1.77. The lowest BCUT2D eigenvalue weighted by Crippen LogP contribution is -2.28. The van der Waals surface area contributed by atoms with Crippen LogP contribution in [0, 0.1) is 0 Å². The van der Waals surface area contributed by atoms with Crippen LogP contribution in [0.2, 0.25) is 0 Å². The molecule has 0 saturated carbocycles. The van der Waals surface area contributed by atoms with Gasteiger partial charge < -0.3 is 9.15 Å². The first-order valence-corrected chi connectivity index (χ1v) is 4.92. The van der Waals surface area contributed by atoms with Crippen molar-refractivity contribution >= 4 is 17.0 Å². The van der Waals surface area contributed by atoms with Crippen LogP contribution < -0.4 is 16.1 Å². The van der Waals surface area contributed by atoms with Crippen molar-refractivity contribution in [2.24, 2.45) is 5.73 Å². The van der Waals surface area contributed by atoms with Crippen LogP contribution in [-0.2, 0) is 0 Å². The molecule has 4 nitrogen and oxygen atoms in total. The molecular weight excluding hydrogens is 206 g/mol. The van der Waals surface area contributed by atoms with E-state index in [1.807, 2.05) is 12.1 Å². The van der Waals surface area contributed by atoms with E-state index in [1.165, 1.54) is 0 Å². The molecule has 1 unspecified atom stereocenters. The third-order valence-corrected chi connectivity index (χ3v) is 2.51. The molecule has 0 saturated heterocycles. The molecule has 0 aliphatic carbocycles. The van der Waals surface area contributed by atoms with Crippen molar-refractivity contribution in [3.63, 3.8) is 0 Å². The lowest BCUT2D eigenvalue weighted by atomic mass is 10.1. The van der Waals surface area contributed by atoms with E-state index in [2.05, 4.69) is 0 Å². The van der Waals surface area contributed by atoms with Crippen molar-refractivity contribution < 1.29 is 9.15 Å². The second-order valence-corrected chi connectivity index (χ2v) is 3.57. The molecule has 4 heteroatoms. The molecule has 3 rings (SSSR count). The van der Waals surface area contributed by atoms with Crippen molar-refractivity contribution in [2.45, 2.75) is 6.23 Å². The highest BCUT2D eigenvalue weighted by atomic mass is 16.5. The van der Waals surface area contributed by atoms with Gasteiger partial charge in [-0.25, -0.2) is 4.79 Å². The van der Waals surface area contributed by atoms with Crippen LogP contribution in [0.3, 0.4) is 0 Å². The normalized spacial score (nSPS) is 18.2. The van der Waals surface area contributed by atoms with Gasteiger partial charge in [0.05, 0.1) is 5.39 Å². The van der Waals surface area contributed by atoms with Gasteiger partial charge in [-0.1, -0.05) is 12.1 Å². The van der Waals surface area contributed by atoms with Gasteiger partial charge in [-0.15, -0.1) is 0 Å². The van der Waals surface area contributed by atoms with Gasteiger partial charge in [0.1, 0.15) is 16.9 Å². The van der Waals surface area contributed by atoms with Crippen molar-refractivity contribution in [1.82, 2.24) is 0 Å². The molecule has 1 aromatic carbocycles. The van der Waals surface area contributed by atoms with E-state index in [1.54, 1.807) is 24.3 Å². The summed E-state index contributed by atoms with van der Waals surface area (Å²) in [7, 11) is 0. The van der Waals surface area contributed by atoms with Gasteiger partial charge in [-0.3, -0.25) is 5.73 Å². The Morgan fingerprint density at radius 3 is 2.94 bits per heavy atom. The second-order valence-electron chi connectivity index (χ2n) is 3.57. The Balaban J connectivity index is 2.44. The zero-order valence-corrected chi connectivity index (χ0v) is 8.34. The van der Waals surface area contributed by atoms with Crippen LogP contribution >= 0.6 is 0 Å². The van der Waals surface area contributed by atoms with E-state index < -0.39 is 11.9 Å². The third kappa shape index (κ3) is 1.24. The molecule has 0 radical (unpaired) electrons. The molecule has 0 fully saturated rings. The molecule has 2 aromatic rings. The van der Waals surface area contributed by atoms with Crippen LogP contribution in [-0.4, -0.2) is 6.23 Å². The number of hydrogen-bond acceptors (Lipinski definition) is 4. The van der Waals surface area contributed by atoms with Gasteiger partial charge in [0.2, 0.25) is 0 Å². The Kier molecular flexibility index (Phi) is 1.84. The summed E-state index contributed by atoms with van der Waals surface area (Å²) in [5.74, 6) is 0.502. The van der Waals surface area contributed by atoms with E-state index >= 15 is 0 Å². The maximum absolute atomic E-state index is 11.6. The number of benzene rings is 1. The van der Waals surface area contributed by atoms with Gasteiger partial charge in [0, 0.05) is 0 Å². The van der Waals surface area contributed by atoms with Gasteiger partial charge >= 0.3 is 5.63 Å². The number of nitrogens with two attached hydrogens (primary N) is 1. The van der Waals surface area contributed by atoms with Crippen molar-refractivity contribution in [1.29, 1.82) is 0 Å². The largest absolute Gasteiger partial charge is 0.470 e. The highest BCUT2D eigenvalue weighted by molar-refractivity contribution is 5.87. The maximum atomic E-state index is 11.6. The Morgan fingerprint density at radius 1 is 1.25 bits per heavy atom. The molecule has 2 heterocycles. The molecule has 80 valence electrons. The van der Waals surface area contributed by atoms with Crippen LogP contribution in [0.1, 0.15) is 5.56 Å². The minimum atomic E-state index is -0.516. The topological polar surface area (TPSA) is 65.5 Å². The molecule has 1 atom stereocenters. The van der Waals surface area contributed by atoms with E-state index in [-0.39, 0.29) is 0 Å². The maximum Gasteiger partial charge on any atom is 0.347 e. The van der Waals surface area contributed by atoms with Crippen molar-refractivity contribution in [3.8, 4) is 5.75 Å². The highest BCUT2D eigenvalue weighted by Crippen LogP contribution is 2.30. The number of rotatable bonds is 0. The van der Waals surface area contributed by atoms with Crippen LogP contribution in [0.4, 0.5) is 0 Å². The molecular formula is C12H9NO3. The average molecular weight is 215 g/mol. The molecule has 0 spiro atoms. The number of para-hydroxylation sites is 1. The zero-order chi connectivity index (χ0) is 11.1. The molecule has 1 aliphatic heterocycles. The molecule has 1 aromatic heterocycles. The molecule has 0 bridgehead atoms. The Morgan fingerprint density at radius 2 is 2.06 bits per heavy atom. The summed E-state index contributed by atoms with van der Waals surface area (Å²) in [5.41, 5.74) is 6.17. The summed E-state index contributed by atoms with van der Waals surface area (Å²) < 4.78 is 10.6. The highest BCUT2D eigenvalue weighted by Gasteiger charge is 2.18. The molecule has 1 aliphatic rings. The van der Waals surface area contributed by atoms with Gasteiger partial charge in [-0.2, -0.15) is 0 Å². The first-order valence-electron chi connectivity index (χ1n) is 4.92. The van der Waals surface area contributed by atoms with E-state index in [4.69, 9.17) is 14.9 Å². The Hall–Kier alpha value is -2.07. The number of ether oxygens (including phenoxy) is 1. The summed E-state index contributed by atoms with van der Waals surface area (Å²) in [6, 6.07) is 7.22. The first-order chi connectivity index (χ1) is 7.75. The summed E-state index contributed by atoms with van der Waals surface area (Å²) in [6.45, 7) is 0. The molecule has 2 N–H and O–H groups in total. The van der Waals surface area contributed by atoms with Crippen LogP contribution in [0.15, 0.2) is 39.6 Å². The summed E-state index contributed by atoms with van der Waals surface area (Å²) in [6.07, 6.45) is 2.74. The van der Waals surface area contributed by atoms with Gasteiger partial charge in [0.25, 0.3) is 0 Å². The smallest absolute Gasteiger partial charge is 0.347 e. The van der Waals surface area contributed by atoms with Crippen LogP contribution in [0.25, 0.3) is 17.0 Å². The SMILES string of the molecule is NC1C=Cc2c(c3ccccc3oc2=O)O1. The Labute approximate surface area is 90.9 Å². The van der Waals surface area contributed by atoms with E-state index in [9.17, 15) is 4.79 Å². The average Bonchev–Trinajstić information content (AvgIpc) is 2.29. The summed E-state index contributed by atoms with van der Waals surface area (Å²) >= 11 is 0. The van der Waals surface area contributed by atoms with E-state index in [0.29, 0.717) is 16.9 Å². The Bertz CT molecular complexity index is 642. The minimum absolute atomic E-state index is 0.406. The monoisotopic (exact) mass is 215 g/mol. The van der Waals surface area contributed by atoms with Crippen molar-refractivity contribution in [3.05, 3.63) is 46.3 Å². The minimum Gasteiger partial charge on any atom is -0.470 e. The summed E-state index contributed by atoms with van der Waals surface area (Å²) in [4.78, 5) is 11.6. The molecule has 0 amide bonds. The zero-order valence-electron chi connectivity index (χ0n) is 8.34. The van der Waals surface area contributed by atoms with E-state index in [0.717, 1.165) is 5.39 Å². The second kappa shape index (κ2) is 3.21. The summed E-state index contributed by atoms with van der Waals surface area (Å²) in [5, 5.41) is 0.761. The van der Waals surface area contributed by atoms with Gasteiger partial charge in [-0.05, 0) is 24.3 Å². The predicted octanol–water partition coefficient (Wildman–Crippen LogP) is 1.48. The predicted molar refractivity (Wildman–Crippen MR) is 60.1 cm³/mol. The molecule has 16 heavy (non-hydrogen) atoms. The van der Waals surface area contributed by atoms with Crippen molar-refractivity contribution in [2.75, 3.05) is 0 Å². The fourth-order valence-electron chi connectivity index (χ4n) is 1.77.